The van der Waals surface area contributed by atoms with Gasteiger partial charge >= 0.3 is 0 Å². The van der Waals surface area contributed by atoms with Crippen molar-refractivity contribution in [2.45, 2.75) is 6.54 Å². The second-order valence-electron chi connectivity index (χ2n) is 5.87. The lowest BCUT2D eigenvalue weighted by Crippen LogP contribution is -2.37. The van der Waals surface area contributed by atoms with E-state index in [1.54, 1.807) is 11.3 Å². The predicted molar refractivity (Wildman–Crippen MR) is 100 cm³/mol. The molecule has 1 saturated heterocycles. The molecule has 3 aromatic rings. The van der Waals surface area contributed by atoms with Crippen molar-refractivity contribution in [1.82, 2.24) is 10.3 Å². The van der Waals surface area contributed by atoms with Crippen molar-refractivity contribution < 1.29 is 9.53 Å². The third kappa shape index (κ3) is 3.50. The topological polar surface area (TPSA) is 54.5 Å². The zero-order chi connectivity index (χ0) is 17.1. The lowest BCUT2D eigenvalue weighted by molar-refractivity contribution is 0.0949. The highest BCUT2D eigenvalue weighted by Crippen LogP contribution is 2.23. The fraction of sp³-hybridized carbons (Fsp3) is 0.263. The summed E-state index contributed by atoms with van der Waals surface area (Å²) in [5, 5.41) is 3.92. The van der Waals surface area contributed by atoms with Crippen LogP contribution in [0, 0.1) is 0 Å². The van der Waals surface area contributed by atoms with Gasteiger partial charge in [-0.3, -0.25) is 4.79 Å². The number of thiazole rings is 1. The number of hydrogen-bond acceptors (Lipinski definition) is 5. The number of amides is 1. The first-order valence-electron chi connectivity index (χ1n) is 8.35. The summed E-state index contributed by atoms with van der Waals surface area (Å²) in [7, 11) is 0. The van der Waals surface area contributed by atoms with E-state index in [4.69, 9.17) is 4.74 Å². The second kappa shape index (κ2) is 7.21. The Morgan fingerprint density at radius 1 is 1.12 bits per heavy atom. The van der Waals surface area contributed by atoms with Crippen LogP contribution < -0.4 is 10.2 Å². The monoisotopic (exact) mass is 353 g/mol. The minimum Gasteiger partial charge on any atom is -0.378 e. The molecule has 128 valence electrons. The zero-order valence-electron chi connectivity index (χ0n) is 13.8. The molecule has 1 N–H and O–H groups in total. The zero-order valence-corrected chi connectivity index (χ0v) is 14.6. The highest BCUT2D eigenvalue weighted by Gasteiger charge is 2.18. The summed E-state index contributed by atoms with van der Waals surface area (Å²) in [5.41, 5.74) is 2.64. The molecule has 4 rings (SSSR count). The average molecular weight is 353 g/mol. The number of nitrogens with one attached hydrogen (secondary N) is 1. The SMILES string of the molecule is O=C(NCc1nc2ccccc2s1)c1ccccc1N1CCOCC1. The number of ether oxygens (including phenoxy) is 1. The van der Waals surface area contributed by atoms with Crippen LogP contribution >= 0.6 is 11.3 Å². The van der Waals surface area contributed by atoms with E-state index in [-0.39, 0.29) is 5.91 Å². The van der Waals surface area contributed by atoms with Crippen molar-refractivity contribution in [2.24, 2.45) is 0 Å². The molecule has 25 heavy (non-hydrogen) atoms. The van der Waals surface area contributed by atoms with Gasteiger partial charge in [0.2, 0.25) is 0 Å². The first kappa shape index (κ1) is 16.1. The smallest absolute Gasteiger partial charge is 0.253 e. The van der Waals surface area contributed by atoms with Gasteiger partial charge in [-0.15, -0.1) is 11.3 Å². The normalized spacial score (nSPS) is 14.6. The Morgan fingerprint density at radius 2 is 1.88 bits per heavy atom. The molecule has 6 heteroatoms. The van der Waals surface area contributed by atoms with E-state index in [0.29, 0.717) is 25.3 Å². The molecule has 1 fully saturated rings. The van der Waals surface area contributed by atoms with Crippen molar-refractivity contribution >= 4 is 33.1 Å². The van der Waals surface area contributed by atoms with Gasteiger partial charge in [-0.25, -0.2) is 4.98 Å². The van der Waals surface area contributed by atoms with Crippen molar-refractivity contribution in [1.29, 1.82) is 0 Å². The quantitative estimate of drug-likeness (QED) is 0.783. The number of rotatable bonds is 4. The molecule has 2 aromatic carbocycles. The molecular formula is C19H19N3O2S. The first-order valence-corrected chi connectivity index (χ1v) is 9.17. The van der Waals surface area contributed by atoms with Crippen LogP contribution in [0.25, 0.3) is 10.2 Å². The molecule has 0 spiro atoms. The van der Waals surface area contributed by atoms with E-state index < -0.39 is 0 Å². The number of carbonyl (C=O) groups excluding carboxylic acids is 1. The molecule has 5 nitrogen and oxygen atoms in total. The Morgan fingerprint density at radius 3 is 2.72 bits per heavy atom. The van der Waals surface area contributed by atoms with Gasteiger partial charge in [0.15, 0.2) is 0 Å². The summed E-state index contributed by atoms with van der Waals surface area (Å²) < 4.78 is 6.55. The Labute approximate surface area is 150 Å². The predicted octanol–water partition coefficient (Wildman–Crippen LogP) is 3.06. The van der Waals surface area contributed by atoms with Gasteiger partial charge in [-0.1, -0.05) is 24.3 Å². The molecule has 1 aliphatic heterocycles. The maximum absolute atomic E-state index is 12.7. The summed E-state index contributed by atoms with van der Waals surface area (Å²) in [6.45, 7) is 3.45. The fourth-order valence-corrected chi connectivity index (χ4v) is 3.90. The minimum atomic E-state index is -0.0682. The van der Waals surface area contributed by atoms with Crippen LogP contribution in [0.15, 0.2) is 48.5 Å². The molecule has 0 bridgehead atoms. The molecule has 0 radical (unpaired) electrons. The molecule has 1 aromatic heterocycles. The molecule has 1 aliphatic rings. The van der Waals surface area contributed by atoms with Crippen LogP contribution in [0.2, 0.25) is 0 Å². The van der Waals surface area contributed by atoms with Crippen LogP contribution in [0.5, 0.6) is 0 Å². The largest absolute Gasteiger partial charge is 0.378 e. The maximum atomic E-state index is 12.7. The summed E-state index contributed by atoms with van der Waals surface area (Å²) in [6.07, 6.45) is 0. The van der Waals surface area contributed by atoms with E-state index in [0.717, 1.165) is 34.0 Å². The number of hydrogen-bond donors (Lipinski definition) is 1. The van der Waals surface area contributed by atoms with Crippen LogP contribution in [0.3, 0.4) is 0 Å². The molecule has 2 heterocycles. The van der Waals surface area contributed by atoms with Gasteiger partial charge in [0.1, 0.15) is 5.01 Å². The molecule has 0 aliphatic carbocycles. The number of morpholine rings is 1. The van der Waals surface area contributed by atoms with Crippen LogP contribution in [-0.4, -0.2) is 37.2 Å². The van der Waals surface area contributed by atoms with E-state index >= 15 is 0 Å². The number of nitrogens with zero attached hydrogens (tertiary/aromatic N) is 2. The van der Waals surface area contributed by atoms with E-state index in [2.05, 4.69) is 15.2 Å². The number of benzene rings is 2. The lowest BCUT2D eigenvalue weighted by Gasteiger charge is -2.30. The molecule has 0 atom stereocenters. The Kier molecular flexibility index (Phi) is 4.63. The first-order chi connectivity index (χ1) is 12.3. The summed E-state index contributed by atoms with van der Waals surface area (Å²) in [6, 6.07) is 15.8. The van der Waals surface area contributed by atoms with Gasteiger partial charge in [0.05, 0.1) is 35.5 Å². The van der Waals surface area contributed by atoms with Gasteiger partial charge < -0.3 is 15.0 Å². The maximum Gasteiger partial charge on any atom is 0.253 e. The molecule has 0 saturated carbocycles. The van der Waals surface area contributed by atoms with E-state index in [1.807, 2.05) is 48.5 Å². The van der Waals surface area contributed by atoms with Gasteiger partial charge in [-0.2, -0.15) is 0 Å². The van der Waals surface area contributed by atoms with Crippen LogP contribution in [0.4, 0.5) is 5.69 Å². The number of anilines is 1. The standard InChI is InChI=1S/C19H19N3O2S/c23-19(20-13-18-21-15-6-2-4-8-17(15)25-18)14-5-1-3-7-16(14)22-9-11-24-12-10-22/h1-8H,9-13H2,(H,20,23). The van der Waals surface area contributed by atoms with Gasteiger partial charge in [0.25, 0.3) is 5.91 Å². The number of carbonyl (C=O) groups is 1. The van der Waals surface area contributed by atoms with E-state index in [1.165, 1.54) is 0 Å². The number of fused-ring (bicyclic) bond motifs is 1. The highest BCUT2D eigenvalue weighted by atomic mass is 32.1. The van der Waals surface area contributed by atoms with Crippen molar-refractivity contribution in [3.8, 4) is 0 Å². The summed E-state index contributed by atoms with van der Waals surface area (Å²) in [4.78, 5) is 19.5. The third-order valence-corrected chi connectivity index (χ3v) is 5.28. The van der Waals surface area contributed by atoms with Crippen molar-refractivity contribution in [3.63, 3.8) is 0 Å². The number of para-hydroxylation sites is 2. The second-order valence-corrected chi connectivity index (χ2v) is 6.99. The number of aromatic nitrogens is 1. The summed E-state index contributed by atoms with van der Waals surface area (Å²) >= 11 is 1.61. The van der Waals surface area contributed by atoms with Crippen LogP contribution in [-0.2, 0) is 11.3 Å². The molecule has 1 amide bonds. The third-order valence-electron chi connectivity index (χ3n) is 4.24. The van der Waals surface area contributed by atoms with Crippen molar-refractivity contribution in [2.75, 3.05) is 31.2 Å². The van der Waals surface area contributed by atoms with Gasteiger partial charge in [0, 0.05) is 18.8 Å². The van der Waals surface area contributed by atoms with Gasteiger partial charge in [-0.05, 0) is 24.3 Å². The molecule has 0 unspecified atom stereocenters. The van der Waals surface area contributed by atoms with Crippen molar-refractivity contribution in [3.05, 3.63) is 59.1 Å². The average Bonchev–Trinajstić information content (AvgIpc) is 3.10. The summed E-state index contributed by atoms with van der Waals surface area (Å²) in [5.74, 6) is -0.0682. The lowest BCUT2D eigenvalue weighted by atomic mass is 10.1. The van der Waals surface area contributed by atoms with E-state index in [9.17, 15) is 4.79 Å². The Bertz CT molecular complexity index is 854. The van der Waals surface area contributed by atoms with Crippen LogP contribution in [0.1, 0.15) is 15.4 Å². The molecular weight excluding hydrogens is 334 g/mol. The minimum absolute atomic E-state index is 0.0682. The fourth-order valence-electron chi connectivity index (χ4n) is 2.99. The Balaban J connectivity index is 1.49. The highest BCUT2D eigenvalue weighted by molar-refractivity contribution is 7.18. The Hall–Kier alpha value is -2.44.